The molecule has 2 N–H and O–H groups in total. The zero-order chi connectivity index (χ0) is 19.2. The van der Waals surface area contributed by atoms with E-state index >= 15 is 0 Å². The van der Waals surface area contributed by atoms with Gasteiger partial charge in [0.1, 0.15) is 5.82 Å². The van der Waals surface area contributed by atoms with Crippen LogP contribution in [0.4, 0.5) is 17.2 Å². The normalized spacial score (nSPS) is 10.7. The summed E-state index contributed by atoms with van der Waals surface area (Å²) in [7, 11) is 0. The summed E-state index contributed by atoms with van der Waals surface area (Å²) in [5.74, 6) is 1.20. The predicted octanol–water partition coefficient (Wildman–Crippen LogP) is 5.44. The van der Waals surface area contributed by atoms with E-state index in [1.54, 1.807) is 6.20 Å². The van der Waals surface area contributed by atoms with Crippen LogP contribution in [0.25, 0.3) is 0 Å². The van der Waals surface area contributed by atoms with Gasteiger partial charge in [0.25, 0.3) is 0 Å². The number of carbonyl (C=O) groups excluding carboxylic acids is 1. The zero-order valence-electron chi connectivity index (χ0n) is 16.0. The molecule has 1 aromatic heterocycles. The van der Waals surface area contributed by atoms with Gasteiger partial charge in [0.05, 0.1) is 18.3 Å². The summed E-state index contributed by atoms with van der Waals surface area (Å²) >= 11 is 0. The quantitative estimate of drug-likeness (QED) is 0.616. The average molecular weight is 359 g/mol. The molecule has 27 heavy (non-hydrogen) atoms. The SMILES string of the molecule is Cc1ccc(CC(=O)Nc2ccc(Nc3ccc(C(C)C)cc3)nc2)cc1. The van der Waals surface area contributed by atoms with Crippen LogP contribution in [0.3, 0.4) is 0 Å². The van der Waals surface area contributed by atoms with Gasteiger partial charge in [-0.1, -0.05) is 55.8 Å². The summed E-state index contributed by atoms with van der Waals surface area (Å²) in [6, 6.07) is 20.0. The van der Waals surface area contributed by atoms with Gasteiger partial charge in [-0.2, -0.15) is 0 Å². The van der Waals surface area contributed by atoms with E-state index in [0.29, 0.717) is 18.0 Å². The minimum absolute atomic E-state index is 0.0503. The van der Waals surface area contributed by atoms with Crippen molar-refractivity contribution in [3.8, 4) is 0 Å². The van der Waals surface area contributed by atoms with Gasteiger partial charge in [-0.05, 0) is 48.2 Å². The second kappa shape index (κ2) is 8.49. The highest BCUT2D eigenvalue weighted by Crippen LogP contribution is 2.20. The molecular weight excluding hydrogens is 334 g/mol. The maximum absolute atomic E-state index is 12.2. The first-order valence-electron chi connectivity index (χ1n) is 9.18. The van der Waals surface area contributed by atoms with Crippen LogP contribution in [0.15, 0.2) is 66.9 Å². The fraction of sp³-hybridized carbons (Fsp3) is 0.217. The standard InChI is InChI=1S/C23H25N3O/c1-16(2)19-8-10-20(11-9-19)25-22-13-12-21(15-24-22)26-23(27)14-18-6-4-17(3)5-7-18/h4-13,15-16H,14H2,1-3H3,(H,24,25)(H,26,27). The van der Waals surface area contributed by atoms with E-state index in [2.05, 4.69) is 41.6 Å². The second-order valence-corrected chi connectivity index (χ2v) is 7.04. The maximum Gasteiger partial charge on any atom is 0.228 e. The molecule has 138 valence electrons. The summed E-state index contributed by atoms with van der Waals surface area (Å²) in [6.07, 6.45) is 2.01. The van der Waals surface area contributed by atoms with Gasteiger partial charge >= 0.3 is 0 Å². The number of carbonyl (C=O) groups is 1. The second-order valence-electron chi connectivity index (χ2n) is 7.04. The van der Waals surface area contributed by atoms with Gasteiger partial charge in [-0.15, -0.1) is 0 Å². The summed E-state index contributed by atoms with van der Waals surface area (Å²) in [5, 5.41) is 6.16. The van der Waals surface area contributed by atoms with Gasteiger partial charge in [-0.25, -0.2) is 4.98 Å². The van der Waals surface area contributed by atoms with Crippen molar-refractivity contribution in [1.82, 2.24) is 4.98 Å². The van der Waals surface area contributed by atoms with Crippen LogP contribution in [0.1, 0.15) is 36.5 Å². The number of nitrogens with one attached hydrogen (secondary N) is 2. The van der Waals surface area contributed by atoms with Crippen molar-refractivity contribution in [3.05, 3.63) is 83.6 Å². The Kier molecular flexibility index (Phi) is 5.87. The van der Waals surface area contributed by atoms with Crippen LogP contribution < -0.4 is 10.6 Å². The third-order valence-electron chi connectivity index (χ3n) is 4.38. The molecule has 2 aromatic carbocycles. The number of amides is 1. The van der Waals surface area contributed by atoms with Crippen LogP contribution in [-0.4, -0.2) is 10.9 Å². The molecule has 0 bridgehead atoms. The van der Waals surface area contributed by atoms with Crippen LogP contribution in [0.2, 0.25) is 0 Å². The molecule has 0 saturated carbocycles. The number of hydrogen-bond acceptors (Lipinski definition) is 3. The predicted molar refractivity (Wildman–Crippen MR) is 112 cm³/mol. The molecule has 0 unspecified atom stereocenters. The van der Waals surface area contributed by atoms with Crippen molar-refractivity contribution in [3.63, 3.8) is 0 Å². The molecule has 0 aliphatic rings. The van der Waals surface area contributed by atoms with Gasteiger partial charge < -0.3 is 10.6 Å². The lowest BCUT2D eigenvalue weighted by Crippen LogP contribution is -2.14. The van der Waals surface area contributed by atoms with Crippen molar-refractivity contribution >= 4 is 23.1 Å². The first kappa shape index (κ1) is 18.6. The van der Waals surface area contributed by atoms with E-state index in [9.17, 15) is 4.79 Å². The van der Waals surface area contributed by atoms with E-state index < -0.39 is 0 Å². The number of aryl methyl sites for hydroxylation is 1. The van der Waals surface area contributed by atoms with Crippen molar-refractivity contribution in [2.24, 2.45) is 0 Å². The molecule has 0 spiro atoms. The number of nitrogens with zero attached hydrogens (tertiary/aromatic N) is 1. The fourth-order valence-electron chi connectivity index (χ4n) is 2.74. The van der Waals surface area contributed by atoms with Gasteiger partial charge in [-0.3, -0.25) is 4.79 Å². The minimum Gasteiger partial charge on any atom is -0.340 e. The van der Waals surface area contributed by atoms with Crippen molar-refractivity contribution < 1.29 is 4.79 Å². The van der Waals surface area contributed by atoms with Crippen LogP contribution in [0.5, 0.6) is 0 Å². The van der Waals surface area contributed by atoms with Crippen molar-refractivity contribution in [2.75, 3.05) is 10.6 Å². The highest BCUT2D eigenvalue weighted by molar-refractivity contribution is 5.92. The Hall–Kier alpha value is -3.14. The van der Waals surface area contributed by atoms with Crippen molar-refractivity contribution in [1.29, 1.82) is 0 Å². The smallest absolute Gasteiger partial charge is 0.228 e. The Labute approximate surface area is 160 Å². The molecule has 4 heteroatoms. The number of anilines is 3. The first-order chi connectivity index (χ1) is 13.0. The molecular formula is C23H25N3O. The van der Waals surface area contributed by atoms with Crippen LogP contribution >= 0.6 is 0 Å². The average Bonchev–Trinajstić information content (AvgIpc) is 2.66. The van der Waals surface area contributed by atoms with E-state index in [1.807, 2.05) is 55.5 Å². The van der Waals surface area contributed by atoms with E-state index in [1.165, 1.54) is 11.1 Å². The third-order valence-corrected chi connectivity index (χ3v) is 4.38. The lowest BCUT2D eigenvalue weighted by atomic mass is 10.0. The summed E-state index contributed by atoms with van der Waals surface area (Å²) in [5.41, 5.74) is 5.16. The van der Waals surface area contributed by atoms with Gasteiger partial charge in [0.15, 0.2) is 0 Å². The topological polar surface area (TPSA) is 54.0 Å². The minimum atomic E-state index is -0.0503. The number of benzene rings is 2. The van der Waals surface area contributed by atoms with E-state index in [0.717, 1.165) is 17.1 Å². The molecule has 0 aliphatic carbocycles. The number of rotatable bonds is 6. The largest absolute Gasteiger partial charge is 0.340 e. The molecule has 0 aliphatic heterocycles. The fourth-order valence-corrected chi connectivity index (χ4v) is 2.74. The Morgan fingerprint density at radius 1 is 0.926 bits per heavy atom. The highest BCUT2D eigenvalue weighted by atomic mass is 16.1. The molecule has 0 fully saturated rings. The van der Waals surface area contributed by atoms with E-state index in [-0.39, 0.29) is 5.91 Å². The van der Waals surface area contributed by atoms with E-state index in [4.69, 9.17) is 0 Å². The summed E-state index contributed by atoms with van der Waals surface area (Å²) in [4.78, 5) is 16.6. The lowest BCUT2D eigenvalue weighted by Gasteiger charge is -2.10. The Morgan fingerprint density at radius 3 is 2.19 bits per heavy atom. The highest BCUT2D eigenvalue weighted by Gasteiger charge is 2.05. The Balaban J connectivity index is 1.56. The molecule has 0 radical (unpaired) electrons. The lowest BCUT2D eigenvalue weighted by molar-refractivity contribution is -0.115. The number of hydrogen-bond donors (Lipinski definition) is 2. The Morgan fingerprint density at radius 2 is 1.59 bits per heavy atom. The molecule has 1 amide bonds. The van der Waals surface area contributed by atoms with Gasteiger partial charge in [0, 0.05) is 5.69 Å². The summed E-state index contributed by atoms with van der Waals surface area (Å²) in [6.45, 7) is 6.38. The molecule has 0 saturated heterocycles. The maximum atomic E-state index is 12.2. The number of aromatic nitrogens is 1. The monoisotopic (exact) mass is 359 g/mol. The van der Waals surface area contributed by atoms with Gasteiger partial charge in [0.2, 0.25) is 5.91 Å². The molecule has 4 nitrogen and oxygen atoms in total. The summed E-state index contributed by atoms with van der Waals surface area (Å²) < 4.78 is 0. The van der Waals surface area contributed by atoms with Crippen LogP contribution in [-0.2, 0) is 11.2 Å². The Bertz CT molecular complexity index is 882. The molecule has 3 rings (SSSR count). The molecule has 0 atom stereocenters. The molecule has 1 heterocycles. The molecule has 3 aromatic rings. The van der Waals surface area contributed by atoms with Crippen LogP contribution in [0, 0.1) is 6.92 Å². The number of pyridine rings is 1. The first-order valence-corrected chi connectivity index (χ1v) is 9.18. The third kappa shape index (κ3) is 5.42. The zero-order valence-corrected chi connectivity index (χ0v) is 16.0. The van der Waals surface area contributed by atoms with Crippen molar-refractivity contribution in [2.45, 2.75) is 33.1 Å².